The summed E-state index contributed by atoms with van der Waals surface area (Å²) < 4.78 is 17.9. The lowest BCUT2D eigenvalue weighted by Crippen LogP contribution is -2.08. The van der Waals surface area contributed by atoms with Gasteiger partial charge < -0.3 is 19.6 Å². The molecule has 10 nitrogen and oxygen atoms in total. The topological polar surface area (TPSA) is 127 Å². The number of nitrogens with zero attached hydrogens (tertiary/aromatic N) is 6. The molecule has 4 aromatic heterocycles. The molecule has 4 aromatic rings. The van der Waals surface area contributed by atoms with Gasteiger partial charge in [0.2, 0.25) is 5.95 Å². The van der Waals surface area contributed by atoms with Gasteiger partial charge in [0.1, 0.15) is 18.2 Å². The molecule has 29 heavy (non-hydrogen) atoms. The Balaban J connectivity index is 1.60. The van der Waals surface area contributed by atoms with E-state index in [0.717, 1.165) is 17.1 Å². The molecule has 4 rings (SSSR count). The molecule has 0 radical (unpaired) electrons. The van der Waals surface area contributed by atoms with Gasteiger partial charge >= 0.3 is 0 Å². The van der Waals surface area contributed by atoms with Gasteiger partial charge in [0.05, 0.1) is 24.5 Å². The minimum absolute atomic E-state index is 0.121. The maximum atomic E-state index is 5.92. The van der Waals surface area contributed by atoms with E-state index < -0.39 is 0 Å². The predicted molar refractivity (Wildman–Crippen MR) is 105 cm³/mol. The highest BCUT2D eigenvalue weighted by Crippen LogP contribution is 2.26. The lowest BCUT2D eigenvalue weighted by atomic mass is 10.3. The van der Waals surface area contributed by atoms with Gasteiger partial charge in [-0.15, -0.1) is 5.10 Å². The monoisotopic (exact) mass is 395 g/mol. The van der Waals surface area contributed by atoms with Crippen molar-refractivity contribution in [3.05, 3.63) is 47.5 Å². The van der Waals surface area contributed by atoms with Crippen molar-refractivity contribution in [2.75, 3.05) is 19.1 Å². The summed E-state index contributed by atoms with van der Waals surface area (Å²) in [5.41, 5.74) is 9.05. The second-order valence-electron chi connectivity index (χ2n) is 6.34. The number of hydrogen-bond acceptors (Lipinski definition) is 9. The van der Waals surface area contributed by atoms with Gasteiger partial charge in [0.25, 0.3) is 0 Å². The number of fused-ring (bicyclic) bond motifs is 1. The standard InChI is InChI=1S/C19H21N7O3/c1-3-27-11-28-10-14-6-4-5-13(21-14)9-26-18-17(24-25-26)16(22-19(20)23-18)15-8-7-12(2)29-15/h4-8H,3,9-11H2,1-2H3,(H2,20,22,23). The van der Waals surface area contributed by atoms with Crippen LogP contribution in [0.3, 0.4) is 0 Å². The number of nitrogens with two attached hydrogens (primary N) is 1. The molecule has 0 aliphatic carbocycles. The molecule has 0 spiro atoms. The first kappa shape index (κ1) is 19.0. The average molecular weight is 395 g/mol. The van der Waals surface area contributed by atoms with Gasteiger partial charge in [0, 0.05) is 6.61 Å². The highest BCUT2D eigenvalue weighted by Gasteiger charge is 2.18. The molecule has 0 amide bonds. The van der Waals surface area contributed by atoms with Crippen LogP contribution in [-0.4, -0.2) is 43.3 Å². The van der Waals surface area contributed by atoms with E-state index in [2.05, 4.69) is 25.3 Å². The van der Waals surface area contributed by atoms with Crippen LogP contribution in [0, 0.1) is 6.92 Å². The van der Waals surface area contributed by atoms with Gasteiger partial charge in [-0.05, 0) is 38.1 Å². The van der Waals surface area contributed by atoms with Crippen molar-refractivity contribution in [3.63, 3.8) is 0 Å². The molecule has 4 heterocycles. The first-order chi connectivity index (χ1) is 14.1. The summed E-state index contributed by atoms with van der Waals surface area (Å²) in [7, 11) is 0. The van der Waals surface area contributed by atoms with Crippen LogP contribution in [0.2, 0.25) is 0 Å². The van der Waals surface area contributed by atoms with Crippen molar-refractivity contribution in [3.8, 4) is 11.5 Å². The lowest BCUT2D eigenvalue weighted by molar-refractivity contribution is -0.0580. The molecule has 0 aromatic carbocycles. The Labute approximate surface area is 166 Å². The first-order valence-corrected chi connectivity index (χ1v) is 9.18. The average Bonchev–Trinajstić information content (AvgIpc) is 3.32. The van der Waals surface area contributed by atoms with Crippen LogP contribution in [0.1, 0.15) is 24.1 Å². The third-order valence-corrected chi connectivity index (χ3v) is 4.15. The second-order valence-corrected chi connectivity index (χ2v) is 6.34. The Morgan fingerprint density at radius 2 is 1.93 bits per heavy atom. The van der Waals surface area contributed by atoms with Crippen LogP contribution in [-0.2, 0) is 22.6 Å². The molecule has 0 unspecified atom stereocenters. The van der Waals surface area contributed by atoms with Crippen LogP contribution in [0.15, 0.2) is 34.7 Å². The summed E-state index contributed by atoms with van der Waals surface area (Å²) in [6.07, 6.45) is 0. The largest absolute Gasteiger partial charge is 0.460 e. The molecule has 0 bridgehead atoms. The molecule has 150 valence electrons. The maximum absolute atomic E-state index is 5.92. The Hall–Kier alpha value is -3.37. The number of furan rings is 1. The van der Waals surface area contributed by atoms with Crippen LogP contribution < -0.4 is 5.73 Å². The summed E-state index contributed by atoms with van der Waals surface area (Å²) in [5.74, 6) is 1.46. The summed E-state index contributed by atoms with van der Waals surface area (Å²) in [6, 6.07) is 9.39. The fourth-order valence-corrected chi connectivity index (χ4v) is 2.85. The minimum Gasteiger partial charge on any atom is -0.460 e. The summed E-state index contributed by atoms with van der Waals surface area (Å²) in [6.45, 7) is 5.36. The van der Waals surface area contributed by atoms with E-state index in [1.165, 1.54) is 0 Å². The van der Waals surface area contributed by atoms with Crippen molar-refractivity contribution in [2.45, 2.75) is 27.0 Å². The van der Waals surface area contributed by atoms with E-state index in [-0.39, 0.29) is 12.7 Å². The summed E-state index contributed by atoms with van der Waals surface area (Å²) in [4.78, 5) is 13.2. The number of aryl methyl sites for hydroxylation is 1. The third kappa shape index (κ3) is 4.23. The number of ether oxygens (including phenoxy) is 2. The molecule has 0 aliphatic rings. The minimum atomic E-state index is 0.121. The summed E-state index contributed by atoms with van der Waals surface area (Å²) >= 11 is 0. The zero-order valence-corrected chi connectivity index (χ0v) is 16.2. The molecular weight excluding hydrogens is 374 g/mol. The van der Waals surface area contributed by atoms with E-state index in [1.54, 1.807) is 4.68 Å². The third-order valence-electron chi connectivity index (χ3n) is 4.15. The van der Waals surface area contributed by atoms with E-state index >= 15 is 0 Å². The molecule has 0 fully saturated rings. The molecule has 0 saturated carbocycles. The van der Waals surface area contributed by atoms with Crippen LogP contribution in [0.25, 0.3) is 22.6 Å². The number of rotatable bonds is 8. The van der Waals surface area contributed by atoms with Crippen molar-refractivity contribution < 1.29 is 13.9 Å². The molecule has 10 heteroatoms. The number of nitrogen functional groups attached to an aromatic ring is 1. The molecule has 0 saturated heterocycles. The lowest BCUT2D eigenvalue weighted by Gasteiger charge is -2.06. The van der Waals surface area contributed by atoms with Gasteiger partial charge in [0.15, 0.2) is 16.9 Å². The Kier molecular flexibility index (Phi) is 5.45. The zero-order chi connectivity index (χ0) is 20.2. The highest BCUT2D eigenvalue weighted by atomic mass is 16.7. The van der Waals surface area contributed by atoms with Crippen molar-refractivity contribution in [2.24, 2.45) is 0 Å². The number of pyridine rings is 1. The normalized spacial score (nSPS) is 11.4. The fraction of sp³-hybridized carbons (Fsp3) is 0.316. The SMILES string of the molecule is CCOCOCc1cccc(Cn2nnc3c(-c4ccc(C)o4)nc(N)nc32)n1. The van der Waals surface area contributed by atoms with Crippen molar-refractivity contribution in [1.82, 2.24) is 29.9 Å². The van der Waals surface area contributed by atoms with Gasteiger partial charge in [-0.25, -0.2) is 9.67 Å². The molecule has 2 N–H and O–H groups in total. The second kappa shape index (κ2) is 8.33. The smallest absolute Gasteiger partial charge is 0.222 e. The van der Waals surface area contributed by atoms with Crippen LogP contribution in [0.4, 0.5) is 5.95 Å². The Morgan fingerprint density at radius 3 is 2.72 bits per heavy atom. The van der Waals surface area contributed by atoms with Gasteiger partial charge in [-0.1, -0.05) is 11.3 Å². The number of anilines is 1. The number of aromatic nitrogens is 6. The maximum Gasteiger partial charge on any atom is 0.222 e. The number of hydrogen-bond donors (Lipinski definition) is 1. The van der Waals surface area contributed by atoms with E-state index in [0.29, 0.717) is 42.4 Å². The molecule has 0 atom stereocenters. The fourth-order valence-electron chi connectivity index (χ4n) is 2.85. The van der Waals surface area contributed by atoms with E-state index in [9.17, 15) is 0 Å². The molecule has 0 aliphatic heterocycles. The van der Waals surface area contributed by atoms with Crippen LogP contribution >= 0.6 is 0 Å². The van der Waals surface area contributed by atoms with Crippen molar-refractivity contribution in [1.29, 1.82) is 0 Å². The Morgan fingerprint density at radius 1 is 1.07 bits per heavy atom. The van der Waals surface area contributed by atoms with Gasteiger partial charge in [-0.2, -0.15) is 4.98 Å². The van der Waals surface area contributed by atoms with Crippen molar-refractivity contribution >= 4 is 17.1 Å². The quantitative estimate of drug-likeness (QED) is 0.353. The van der Waals surface area contributed by atoms with E-state index in [4.69, 9.17) is 19.6 Å². The summed E-state index contributed by atoms with van der Waals surface area (Å²) in [5, 5.41) is 8.45. The predicted octanol–water partition coefficient (Wildman–Crippen LogP) is 2.33. The molecular formula is C19H21N7O3. The Bertz CT molecular complexity index is 1120. The first-order valence-electron chi connectivity index (χ1n) is 9.18. The van der Waals surface area contributed by atoms with Crippen LogP contribution in [0.5, 0.6) is 0 Å². The van der Waals surface area contributed by atoms with E-state index in [1.807, 2.05) is 44.2 Å². The highest BCUT2D eigenvalue weighted by molar-refractivity contribution is 5.86. The zero-order valence-electron chi connectivity index (χ0n) is 16.2. The van der Waals surface area contributed by atoms with Gasteiger partial charge in [-0.3, -0.25) is 4.98 Å².